The Kier molecular flexibility index (Phi) is 2.94. The Labute approximate surface area is 84.2 Å². The van der Waals surface area contributed by atoms with Crippen molar-refractivity contribution < 1.29 is 0 Å². The summed E-state index contributed by atoms with van der Waals surface area (Å²) in [6.07, 6.45) is 2.62. The van der Waals surface area contributed by atoms with Gasteiger partial charge >= 0.3 is 0 Å². The van der Waals surface area contributed by atoms with Gasteiger partial charge in [-0.2, -0.15) is 10.5 Å². The van der Waals surface area contributed by atoms with Gasteiger partial charge in [-0.1, -0.05) is 0 Å². The van der Waals surface area contributed by atoms with Crippen LogP contribution >= 0.6 is 0 Å². The van der Waals surface area contributed by atoms with Crippen LogP contribution < -0.4 is 0 Å². The standard InChI is InChI=1S/C11H13N3/c1-11(2,9-13)5-7-14-6-3-4-10(14)8-12/h3-4,6H,5,7H2,1-2H3. The average Bonchev–Trinajstić information content (AvgIpc) is 2.62. The molecule has 0 amide bonds. The molecule has 1 heterocycles. The van der Waals surface area contributed by atoms with E-state index in [9.17, 15) is 0 Å². The van der Waals surface area contributed by atoms with Crippen LogP contribution in [0.5, 0.6) is 0 Å². The van der Waals surface area contributed by atoms with E-state index in [2.05, 4.69) is 12.1 Å². The number of aromatic nitrogens is 1. The Morgan fingerprint density at radius 1 is 1.43 bits per heavy atom. The molecule has 0 aliphatic rings. The van der Waals surface area contributed by atoms with Crippen LogP contribution in [-0.4, -0.2) is 4.57 Å². The van der Waals surface area contributed by atoms with Crippen molar-refractivity contribution in [2.24, 2.45) is 5.41 Å². The van der Waals surface area contributed by atoms with Crippen LogP contribution in [0, 0.1) is 28.1 Å². The van der Waals surface area contributed by atoms with Gasteiger partial charge in [0.2, 0.25) is 0 Å². The number of nitriles is 2. The SMILES string of the molecule is CC(C)(C#N)CCn1cccc1C#N. The van der Waals surface area contributed by atoms with Crippen LogP contribution in [-0.2, 0) is 6.54 Å². The van der Waals surface area contributed by atoms with Crippen molar-refractivity contribution in [3.8, 4) is 12.1 Å². The van der Waals surface area contributed by atoms with E-state index < -0.39 is 0 Å². The average molecular weight is 187 g/mol. The molecule has 0 radical (unpaired) electrons. The first-order chi connectivity index (χ1) is 6.59. The summed E-state index contributed by atoms with van der Waals surface area (Å²) in [5, 5.41) is 17.6. The van der Waals surface area contributed by atoms with Gasteiger partial charge in [0.25, 0.3) is 0 Å². The molecule has 0 saturated carbocycles. The highest BCUT2D eigenvalue weighted by atomic mass is 15.0. The zero-order chi connectivity index (χ0) is 10.6. The molecule has 0 unspecified atom stereocenters. The molecule has 0 aliphatic heterocycles. The summed E-state index contributed by atoms with van der Waals surface area (Å²) >= 11 is 0. The maximum Gasteiger partial charge on any atom is 0.120 e. The normalized spacial score (nSPS) is 10.6. The molecule has 0 spiro atoms. The van der Waals surface area contributed by atoms with Crippen molar-refractivity contribution in [2.75, 3.05) is 0 Å². The topological polar surface area (TPSA) is 52.5 Å². The van der Waals surface area contributed by atoms with E-state index in [0.717, 1.165) is 13.0 Å². The van der Waals surface area contributed by atoms with Crippen molar-refractivity contribution >= 4 is 0 Å². The lowest BCUT2D eigenvalue weighted by molar-refractivity contribution is 0.413. The van der Waals surface area contributed by atoms with Crippen molar-refractivity contribution in [3.63, 3.8) is 0 Å². The molecular formula is C11H13N3. The molecule has 0 fully saturated rings. The lowest BCUT2D eigenvalue weighted by Gasteiger charge is -2.15. The van der Waals surface area contributed by atoms with E-state index >= 15 is 0 Å². The minimum absolute atomic E-state index is 0.322. The Morgan fingerprint density at radius 3 is 2.71 bits per heavy atom. The van der Waals surface area contributed by atoms with Crippen molar-refractivity contribution in [1.82, 2.24) is 4.57 Å². The van der Waals surface area contributed by atoms with E-state index in [1.54, 1.807) is 6.07 Å². The quantitative estimate of drug-likeness (QED) is 0.729. The molecule has 1 rings (SSSR count). The molecule has 3 heteroatoms. The number of nitrogens with zero attached hydrogens (tertiary/aromatic N) is 3. The maximum atomic E-state index is 8.82. The number of hydrogen-bond donors (Lipinski definition) is 0. The largest absolute Gasteiger partial charge is 0.339 e. The maximum absolute atomic E-state index is 8.82. The minimum atomic E-state index is -0.322. The first kappa shape index (κ1) is 10.3. The highest BCUT2D eigenvalue weighted by Gasteiger charge is 2.16. The summed E-state index contributed by atoms with van der Waals surface area (Å²) in [5.41, 5.74) is 0.329. The fourth-order valence-corrected chi connectivity index (χ4v) is 1.17. The lowest BCUT2D eigenvalue weighted by atomic mass is 9.91. The molecule has 3 nitrogen and oxygen atoms in total. The van der Waals surface area contributed by atoms with Gasteiger partial charge in [-0.15, -0.1) is 0 Å². The Bertz CT molecular complexity index is 387. The van der Waals surface area contributed by atoms with Crippen LogP contribution in [0.2, 0.25) is 0 Å². The minimum Gasteiger partial charge on any atom is -0.339 e. The molecule has 72 valence electrons. The van der Waals surface area contributed by atoms with Crippen molar-refractivity contribution in [1.29, 1.82) is 10.5 Å². The molecule has 0 bridgehead atoms. The van der Waals surface area contributed by atoms with Crippen LogP contribution in [0.15, 0.2) is 18.3 Å². The third kappa shape index (κ3) is 2.37. The summed E-state index contributed by atoms with van der Waals surface area (Å²) in [6, 6.07) is 7.98. The molecule has 1 aromatic rings. The summed E-state index contributed by atoms with van der Waals surface area (Å²) in [4.78, 5) is 0. The summed E-state index contributed by atoms with van der Waals surface area (Å²) in [7, 11) is 0. The molecule has 0 N–H and O–H groups in total. The number of aryl methyl sites for hydroxylation is 1. The number of hydrogen-bond acceptors (Lipinski definition) is 2. The third-order valence-electron chi connectivity index (χ3n) is 2.22. The number of rotatable bonds is 3. The summed E-state index contributed by atoms with van der Waals surface area (Å²) in [5.74, 6) is 0. The summed E-state index contributed by atoms with van der Waals surface area (Å²) in [6.45, 7) is 4.53. The van der Waals surface area contributed by atoms with Gasteiger partial charge in [-0.05, 0) is 32.4 Å². The van der Waals surface area contributed by atoms with Crippen LogP contribution in [0.25, 0.3) is 0 Å². The Morgan fingerprint density at radius 2 is 2.14 bits per heavy atom. The van der Waals surface area contributed by atoms with E-state index in [1.165, 1.54) is 0 Å². The second kappa shape index (κ2) is 3.98. The van der Waals surface area contributed by atoms with Crippen molar-refractivity contribution in [2.45, 2.75) is 26.8 Å². The monoisotopic (exact) mass is 187 g/mol. The van der Waals surface area contributed by atoms with Gasteiger partial charge in [0.1, 0.15) is 11.8 Å². The lowest BCUT2D eigenvalue weighted by Crippen LogP contribution is -2.12. The van der Waals surface area contributed by atoms with E-state index in [-0.39, 0.29) is 5.41 Å². The zero-order valence-corrected chi connectivity index (χ0v) is 8.49. The molecule has 0 atom stereocenters. The van der Waals surface area contributed by atoms with E-state index in [4.69, 9.17) is 10.5 Å². The van der Waals surface area contributed by atoms with Crippen LogP contribution in [0.1, 0.15) is 26.0 Å². The predicted molar refractivity (Wildman–Crippen MR) is 53.2 cm³/mol. The molecular weight excluding hydrogens is 174 g/mol. The van der Waals surface area contributed by atoms with Gasteiger partial charge in [0.05, 0.1) is 11.5 Å². The predicted octanol–water partition coefficient (Wildman–Crippen LogP) is 2.30. The fourth-order valence-electron chi connectivity index (χ4n) is 1.17. The van der Waals surface area contributed by atoms with E-state index in [0.29, 0.717) is 5.69 Å². The Balaban J connectivity index is 2.64. The third-order valence-corrected chi connectivity index (χ3v) is 2.22. The highest BCUT2D eigenvalue weighted by Crippen LogP contribution is 2.19. The molecule has 0 saturated heterocycles. The smallest absolute Gasteiger partial charge is 0.120 e. The first-order valence-corrected chi connectivity index (χ1v) is 4.55. The van der Waals surface area contributed by atoms with Gasteiger partial charge in [0, 0.05) is 12.7 Å². The van der Waals surface area contributed by atoms with Gasteiger partial charge in [0.15, 0.2) is 0 Å². The fraction of sp³-hybridized carbons (Fsp3) is 0.455. The van der Waals surface area contributed by atoms with Gasteiger partial charge < -0.3 is 4.57 Å². The zero-order valence-electron chi connectivity index (χ0n) is 8.49. The molecule has 14 heavy (non-hydrogen) atoms. The van der Waals surface area contributed by atoms with Crippen LogP contribution in [0.3, 0.4) is 0 Å². The molecule has 1 aromatic heterocycles. The Hall–Kier alpha value is -1.74. The van der Waals surface area contributed by atoms with E-state index in [1.807, 2.05) is 30.7 Å². The van der Waals surface area contributed by atoms with Crippen molar-refractivity contribution in [3.05, 3.63) is 24.0 Å². The second-order valence-corrected chi connectivity index (χ2v) is 3.94. The highest BCUT2D eigenvalue weighted by molar-refractivity contribution is 5.21. The second-order valence-electron chi connectivity index (χ2n) is 3.94. The van der Waals surface area contributed by atoms with Gasteiger partial charge in [-0.25, -0.2) is 0 Å². The first-order valence-electron chi connectivity index (χ1n) is 4.55. The molecule has 0 aliphatic carbocycles. The van der Waals surface area contributed by atoms with Crippen LogP contribution in [0.4, 0.5) is 0 Å². The molecule has 0 aromatic carbocycles. The summed E-state index contributed by atoms with van der Waals surface area (Å²) < 4.78 is 1.87. The van der Waals surface area contributed by atoms with Gasteiger partial charge in [-0.3, -0.25) is 0 Å².